The van der Waals surface area contributed by atoms with E-state index in [1.807, 2.05) is 40.0 Å². The molecule has 6 nitrogen and oxygen atoms in total. The molecule has 25 heavy (non-hydrogen) atoms. The number of ether oxygens (including phenoxy) is 2. The number of nitrogens with one attached hydrogen (secondary N) is 1. The lowest BCUT2D eigenvalue weighted by Gasteiger charge is -2.19. The molecule has 1 N–H and O–H groups in total. The van der Waals surface area contributed by atoms with Crippen molar-refractivity contribution >= 4 is 11.6 Å². The van der Waals surface area contributed by atoms with E-state index in [2.05, 4.69) is 22.3 Å². The molecular weight excluding hydrogens is 340 g/mol. The molecule has 7 heteroatoms. The van der Waals surface area contributed by atoms with Gasteiger partial charge in [0, 0.05) is 24.7 Å². The number of hydrogen-bond acceptors (Lipinski definition) is 5. The minimum absolute atomic E-state index is 0.0552. The van der Waals surface area contributed by atoms with Gasteiger partial charge >= 0.3 is 0 Å². The standard InChI is InChI=1S/C18H27ClN4O2/c1-6-15(18-21-11-22-23(18)5)20-10-13-8-16(24-7-2)17(9-14(13)19)25-12(3)4/h8-9,11-12,15,20H,6-7,10H2,1-5H3. The Hall–Kier alpha value is -1.79. The zero-order valence-electron chi connectivity index (χ0n) is 15.5. The molecule has 0 fully saturated rings. The molecule has 2 rings (SSSR count). The van der Waals surface area contributed by atoms with E-state index in [0.717, 1.165) is 17.8 Å². The van der Waals surface area contributed by atoms with Crippen molar-refractivity contribution in [2.75, 3.05) is 6.61 Å². The van der Waals surface area contributed by atoms with Gasteiger partial charge in [-0.3, -0.25) is 4.68 Å². The molecule has 0 aliphatic heterocycles. The number of aromatic nitrogens is 3. The van der Waals surface area contributed by atoms with Crippen molar-refractivity contribution in [3.63, 3.8) is 0 Å². The van der Waals surface area contributed by atoms with Crippen LogP contribution in [0.3, 0.4) is 0 Å². The van der Waals surface area contributed by atoms with Crippen molar-refractivity contribution in [1.29, 1.82) is 0 Å². The zero-order chi connectivity index (χ0) is 18.4. The Kier molecular flexibility index (Phi) is 7.08. The molecule has 1 aromatic heterocycles. The Morgan fingerprint density at radius 1 is 1.24 bits per heavy atom. The highest BCUT2D eigenvalue weighted by atomic mass is 35.5. The van der Waals surface area contributed by atoms with Gasteiger partial charge in [-0.15, -0.1) is 0 Å². The fourth-order valence-electron chi connectivity index (χ4n) is 2.60. The van der Waals surface area contributed by atoms with E-state index in [9.17, 15) is 0 Å². The van der Waals surface area contributed by atoms with Gasteiger partial charge < -0.3 is 14.8 Å². The minimum atomic E-state index is 0.0552. The Labute approximate surface area is 154 Å². The van der Waals surface area contributed by atoms with Crippen LogP contribution < -0.4 is 14.8 Å². The maximum atomic E-state index is 6.46. The average molecular weight is 367 g/mol. The quantitative estimate of drug-likeness (QED) is 0.729. The number of aryl methyl sites for hydroxylation is 1. The minimum Gasteiger partial charge on any atom is -0.490 e. The Morgan fingerprint density at radius 2 is 2.00 bits per heavy atom. The monoisotopic (exact) mass is 366 g/mol. The summed E-state index contributed by atoms with van der Waals surface area (Å²) < 4.78 is 13.3. The molecule has 0 aliphatic rings. The van der Waals surface area contributed by atoms with Crippen LogP contribution in [0.15, 0.2) is 18.5 Å². The van der Waals surface area contributed by atoms with Crippen molar-refractivity contribution in [2.45, 2.75) is 52.8 Å². The molecular formula is C18H27ClN4O2. The third kappa shape index (κ3) is 5.09. The van der Waals surface area contributed by atoms with E-state index in [4.69, 9.17) is 21.1 Å². The largest absolute Gasteiger partial charge is 0.490 e. The summed E-state index contributed by atoms with van der Waals surface area (Å²) in [5, 5.41) is 8.29. The highest BCUT2D eigenvalue weighted by molar-refractivity contribution is 6.31. The number of nitrogens with zero attached hydrogens (tertiary/aromatic N) is 3. The molecule has 1 aromatic carbocycles. The fraction of sp³-hybridized carbons (Fsp3) is 0.556. The fourth-order valence-corrected chi connectivity index (χ4v) is 2.82. The molecule has 1 unspecified atom stereocenters. The predicted molar refractivity (Wildman–Crippen MR) is 99.3 cm³/mol. The predicted octanol–water partition coefficient (Wildman–Crippen LogP) is 3.90. The molecule has 0 spiro atoms. The first-order valence-electron chi connectivity index (χ1n) is 8.65. The van der Waals surface area contributed by atoms with E-state index < -0.39 is 0 Å². The molecule has 0 aliphatic carbocycles. The van der Waals surface area contributed by atoms with E-state index in [0.29, 0.717) is 29.7 Å². The summed E-state index contributed by atoms with van der Waals surface area (Å²) in [6, 6.07) is 3.87. The lowest BCUT2D eigenvalue weighted by Crippen LogP contribution is -2.23. The first-order valence-corrected chi connectivity index (χ1v) is 9.03. The summed E-state index contributed by atoms with van der Waals surface area (Å²) in [5.41, 5.74) is 0.960. The van der Waals surface area contributed by atoms with Gasteiger partial charge in [-0.05, 0) is 38.8 Å². The van der Waals surface area contributed by atoms with Crippen LogP contribution in [-0.2, 0) is 13.6 Å². The lowest BCUT2D eigenvalue weighted by molar-refractivity contribution is 0.223. The normalized spacial score (nSPS) is 12.4. The highest BCUT2D eigenvalue weighted by Gasteiger charge is 2.17. The van der Waals surface area contributed by atoms with Gasteiger partial charge in [-0.2, -0.15) is 5.10 Å². The maximum absolute atomic E-state index is 6.46. The first-order chi connectivity index (χ1) is 12.0. The molecule has 0 bridgehead atoms. The lowest BCUT2D eigenvalue weighted by atomic mass is 10.1. The van der Waals surface area contributed by atoms with Crippen LogP contribution in [0.4, 0.5) is 0 Å². The third-order valence-electron chi connectivity index (χ3n) is 3.78. The number of rotatable bonds is 9. The molecule has 0 saturated carbocycles. The molecule has 1 atom stereocenters. The summed E-state index contributed by atoms with van der Waals surface area (Å²) in [5.74, 6) is 2.29. The topological polar surface area (TPSA) is 61.2 Å². The van der Waals surface area contributed by atoms with Crippen molar-refractivity contribution in [3.05, 3.63) is 34.9 Å². The van der Waals surface area contributed by atoms with Gasteiger partial charge in [-0.25, -0.2) is 4.98 Å². The van der Waals surface area contributed by atoms with E-state index >= 15 is 0 Å². The van der Waals surface area contributed by atoms with Crippen LogP contribution in [-0.4, -0.2) is 27.5 Å². The highest BCUT2D eigenvalue weighted by Crippen LogP contribution is 2.34. The number of benzene rings is 1. The zero-order valence-corrected chi connectivity index (χ0v) is 16.3. The molecule has 1 heterocycles. The van der Waals surface area contributed by atoms with Gasteiger partial charge in [0.05, 0.1) is 18.8 Å². The van der Waals surface area contributed by atoms with Crippen LogP contribution in [0.5, 0.6) is 11.5 Å². The molecule has 0 saturated heterocycles. The van der Waals surface area contributed by atoms with Crippen molar-refractivity contribution in [1.82, 2.24) is 20.1 Å². The van der Waals surface area contributed by atoms with Gasteiger partial charge in [0.1, 0.15) is 12.2 Å². The third-order valence-corrected chi connectivity index (χ3v) is 4.13. The van der Waals surface area contributed by atoms with Gasteiger partial charge in [0.15, 0.2) is 11.5 Å². The molecule has 138 valence electrons. The molecule has 2 aromatic rings. The van der Waals surface area contributed by atoms with Crippen molar-refractivity contribution in [2.24, 2.45) is 7.05 Å². The average Bonchev–Trinajstić information content (AvgIpc) is 2.97. The van der Waals surface area contributed by atoms with Gasteiger partial charge in [0.2, 0.25) is 0 Å². The summed E-state index contributed by atoms with van der Waals surface area (Å²) >= 11 is 6.46. The molecule has 0 amide bonds. The number of halogens is 1. The summed E-state index contributed by atoms with van der Waals surface area (Å²) in [4.78, 5) is 4.33. The SMILES string of the molecule is CCOc1cc(CNC(CC)c2ncnn2C)c(Cl)cc1OC(C)C. The summed E-state index contributed by atoms with van der Waals surface area (Å²) in [6.45, 7) is 9.19. The summed E-state index contributed by atoms with van der Waals surface area (Å²) in [7, 11) is 1.89. The van der Waals surface area contributed by atoms with Crippen LogP contribution >= 0.6 is 11.6 Å². The second-order valence-corrected chi connectivity index (χ2v) is 6.48. The second kappa shape index (κ2) is 9.06. The van der Waals surface area contributed by atoms with Crippen LogP contribution in [0, 0.1) is 0 Å². The Bertz CT molecular complexity index is 688. The Morgan fingerprint density at radius 3 is 2.56 bits per heavy atom. The van der Waals surface area contributed by atoms with E-state index in [1.165, 1.54) is 0 Å². The van der Waals surface area contributed by atoms with E-state index in [1.54, 1.807) is 11.0 Å². The van der Waals surface area contributed by atoms with E-state index in [-0.39, 0.29) is 12.1 Å². The first kappa shape index (κ1) is 19.5. The van der Waals surface area contributed by atoms with Crippen LogP contribution in [0.2, 0.25) is 5.02 Å². The molecule has 0 radical (unpaired) electrons. The second-order valence-electron chi connectivity index (χ2n) is 6.07. The smallest absolute Gasteiger partial charge is 0.163 e. The van der Waals surface area contributed by atoms with Crippen LogP contribution in [0.1, 0.15) is 51.5 Å². The van der Waals surface area contributed by atoms with Gasteiger partial charge in [-0.1, -0.05) is 18.5 Å². The Balaban J connectivity index is 2.18. The van der Waals surface area contributed by atoms with Crippen molar-refractivity contribution < 1.29 is 9.47 Å². The number of hydrogen-bond donors (Lipinski definition) is 1. The van der Waals surface area contributed by atoms with Crippen LogP contribution in [0.25, 0.3) is 0 Å². The maximum Gasteiger partial charge on any atom is 0.163 e. The summed E-state index contributed by atoms with van der Waals surface area (Å²) in [6.07, 6.45) is 2.52. The van der Waals surface area contributed by atoms with Gasteiger partial charge in [0.25, 0.3) is 0 Å². The van der Waals surface area contributed by atoms with Crippen molar-refractivity contribution in [3.8, 4) is 11.5 Å².